The van der Waals surface area contributed by atoms with Crippen LogP contribution in [0.2, 0.25) is 0 Å². The monoisotopic (exact) mass is 236 g/mol. The number of nitrogens with one attached hydrogen (secondary N) is 1. The lowest BCUT2D eigenvalue weighted by Crippen LogP contribution is -2.04. The number of carboxylic acid groups (broad SMARTS) is 1. The van der Waals surface area contributed by atoms with Gasteiger partial charge in [0.2, 0.25) is 5.88 Å². The summed E-state index contributed by atoms with van der Waals surface area (Å²) in [5.41, 5.74) is 1.22. The molecule has 0 bridgehead atoms. The molecule has 0 radical (unpaired) electrons. The number of nitrogens with zero attached hydrogens (tertiary/aromatic N) is 1. The lowest BCUT2D eigenvalue weighted by Gasteiger charge is -2.04. The molecule has 2 N–H and O–H groups in total. The first-order valence-corrected chi connectivity index (χ1v) is 5.33. The third kappa shape index (κ3) is 4.14. The van der Waals surface area contributed by atoms with Crippen molar-refractivity contribution in [2.24, 2.45) is 0 Å². The molecular weight excluding hydrogens is 220 g/mol. The Morgan fingerprint density at radius 3 is 2.82 bits per heavy atom. The number of anilines is 1. The van der Waals surface area contributed by atoms with E-state index in [4.69, 9.17) is 9.84 Å². The Hall–Kier alpha value is -2.04. The average Bonchev–Trinajstić information content (AvgIpc) is 2.35. The molecule has 1 aromatic heterocycles. The van der Waals surface area contributed by atoms with Crippen molar-refractivity contribution in [2.75, 3.05) is 19.0 Å². The van der Waals surface area contributed by atoms with E-state index in [0.29, 0.717) is 24.4 Å². The Labute approximate surface area is 100 Å². The highest BCUT2D eigenvalue weighted by Gasteiger charge is 2.02. The molecule has 0 aliphatic carbocycles. The van der Waals surface area contributed by atoms with E-state index in [1.807, 2.05) is 13.0 Å². The number of hydrogen-bond acceptors (Lipinski definition) is 4. The van der Waals surface area contributed by atoms with Crippen molar-refractivity contribution in [2.45, 2.75) is 13.3 Å². The molecule has 0 aliphatic heterocycles. The number of ether oxygens (including phenoxy) is 1. The van der Waals surface area contributed by atoms with Gasteiger partial charge in [-0.2, -0.15) is 0 Å². The summed E-state index contributed by atoms with van der Waals surface area (Å²) in [7, 11) is 1.55. The van der Waals surface area contributed by atoms with Crippen LogP contribution >= 0.6 is 0 Å². The summed E-state index contributed by atoms with van der Waals surface area (Å²) in [5.74, 6) is -0.326. The summed E-state index contributed by atoms with van der Waals surface area (Å²) in [5, 5.41) is 11.9. The predicted molar refractivity (Wildman–Crippen MR) is 65.3 cm³/mol. The topological polar surface area (TPSA) is 71.5 Å². The van der Waals surface area contributed by atoms with Gasteiger partial charge in [0, 0.05) is 18.2 Å². The predicted octanol–water partition coefficient (Wildman–Crippen LogP) is 1.92. The van der Waals surface area contributed by atoms with Crippen molar-refractivity contribution in [1.29, 1.82) is 0 Å². The third-order valence-electron chi connectivity index (χ3n) is 2.26. The van der Waals surface area contributed by atoms with Gasteiger partial charge in [-0.15, -0.1) is 0 Å². The van der Waals surface area contributed by atoms with Crippen LogP contribution in [0.1, 0.15) is 13.3 Å². The third-order valence-corrected chi connectivity index (χ3v) is 2.26. The van der Waals surface area contributed by atoms with Gasteiger partial charge in [0.15, 0.2) is 0 Å². The first kappa shape index (κ1) is 13.0. The highest BCUT2D eigenvalue weighted by atomic mass is 16.5. The fourth-order valence-electron chi connectivity index (χ4n) is 1.28. The zero-order valence-corrected chi connectivity index (χ0v) is 9.93. The van der Waals surface area contributed by atoms with E-state index in [9.17, 15) is 4.79 Å². The average molecular weight is 236 g/mol. The molecule has 0 aliphatic rings. The molecule has 92 valence electrons. The maximum absolute atomic E-state index is 10.7. The Morgan fingerprint density at radius 1 is 1.59 bits per heavy atom. The number of pyridine rings is 1. The quantitative estimate of drug-likeness (QED) is 0.738. The van der Waals surface area contributed by atoms with Crippen LogP contribution in [0.3, 0.4) is 0 Å². The summed E-state index contributed by atoms with van der Waals surface area (Å²) >= 11 is 0. The highest BCUT2D eigenvalue weighted by Crippen LogP contribution is 2.10. The smallest absolute Gasteiger partial charge is 0.331 e. The van der Waals surface area contributed by atoms with Crippen LogP contribution in [-0.2, 0) is 4.79 Å². The largest absolute Gasteiger partial charge is 0.481 e. The van der Waals surface area contributed by atoms with Gasteiger partial charge in [-0.1, -0.05) is 13.0 Å². The number of hydrogen-bond donors (Lipinski definition) is 2. The minimum atomic E-state index is -0.873. The van der Waals surface area contributed by atoms with E-state index < -0.39 is 5.97 Å². The van der Waals surface area contributed by atoms with Gasteiger partial charge in [-0.3, -0.25) is 0 Å². The van der Waals surface area contributed by atoms with Crippen molar-refractivity contribution in [3.05, 3.63) is 30.0 Å². The second-order valence-electron chi connectivity index (χ2n) is 3.36. The normalized spacial score (nSPS) is 11.1. The number of methoxy groups -OCH3 is 1. The molecular formula is C12H16N2O3. The van der Waals surface area contributed by atoms with Crippen LogP contribution < -0.4 is 10.1 Å². The molecule has 5 heteroatoms. The van der Waals surface area contributed by atoms with Gasteiger partial charge >= 0.3 is 5.97 Å². The van der Waals surface area contributed by atoms with Gasteiger partial charge in [0.1, 0.15) is 0 Å². The van der Waals surface area contributed by atoms with Crippen LogP contribution in [0.5, 0.6) is 5.88 Å². The Morgan fingerprint density at radius 2 is 2.35 bits per heavy atom. The second-order valence-corrected chi connectivity index (χ2v) is 3.36. The van der Waals surface area contributed by atoms with Crippen LogP contribution in [0.15, 0.2) is 30.0 Å². The second kappa shape index (κ2) is 6.52. The summed E-state index contributed by atoms with van der Waals surface area (Å²) < 4.78 is 4.93. The molecule has 0 unspecified atom stereocenters. The molecule has 0 spiro atoms. The number of rotatable bonds is 6. The molecule has 0 saturated carbocycles. The van der Waals surface area contributed by atoms with Crippen LogP contribution in [0, 0.1) is 0 Å². The number of carboxylic acids is 1. The van der Waals surface area contributed by atoms with Crippen molar-refractivity contribution >= 4 is 11.7 Å². The molecule has 1 aromatic rings. The number of aliphatic carboxylic acids is 1. The lowest BCUT2D eigenvalue weighted by molar-refractivity contribution is -0.132. The van der Waals surface area contributed by atoms with E-state index >= 15 is 0 Å². The highest BCUT2D eigenvalue weighted by molar-refractivity contribution is 5.86. The van der Waals surface area contributed by atoms with Gasteiger partial charge < -0.3 is 15.2 Å². The molecule has 5 nitrogen and oxygen atoms in total. The summed E-state index contributed by atoms with van der Waals surface area (Å²) in [6, 6.07) is 3.57. The Balaban J connectivity index is 2.52. The molecule has 0 aromatic carbocycles. The number of carbonyl (C=O) groups is 1. The van der Waals surface area contributed by atoms with Crippen molar-refractivity contribution < 1.29 is 14.6 Å². The maximum Gasteiger partial charge on any atom is 0.331 e. The van der Waals surface area contributed by atoms with E-state index in [2.05, 4.69) is 10.3 Å². The van der Waals surface area contributed by atoms with Crippen molar-refractivity contribution in [1.82, 2.24) is 4.98 Å². The SMILES string of the molecule is CC/C(=C/CNc1ccc(OC)nc1)C(=O)O. The van der Waals surface area contributed by atoms with Crippen molar-refractivity contribution in [3.63, 3.8) is 0 Å². The van der Waals surface area contributed by atoms with Gasteiger partial charge in [0.25, 0.3) is 0 Å². The van der Waals surface area contributed by atoms with E-state index in [-0.39, 0.29) is 0 Å². The van der Waals surface area contributed by atoms with Crippen LogP contribution in [0.4, 0.5) is 5.69 Å². The van der Waals surface area contributed by atoms with Gasteiger partial charge in [-0.25, -0.2) is 9.78 Å². The minimum absolute atomic E-state index is 0.402. The van der Waals surface area contributed by atoms with Gasteiger partial charge in [-0.05, 0) is 12.5 Å². The fraction of sp³-hybridized carbons (Fsp3) is 0.333. The zero-order chi connectivity index (χ0) is 12.7. The fourth-order valence-corrected chi connectivity index (χ4v) is 1.28. The molecule has 1 heterocycles. The lowest BCUT2D eigenvalue weighted by atomic mass is 10.2. The molecule has 1 rings (SSSR count). The molecule has 0 fully saturated rings. The van der Waals surface area contributed by atoms with Crippen LogP contribution in [0.25, 0.3) is 0 Å². The standard InChI is InChI=1S/C12H16N2O3/c1-3-9(12(15)16)6-7-13-10-4-5-11(17-2)14-8-10/h4-6,8,13H,3,7H2,1-2H3,(H,15,16)/b9-6-. The molecule has 0 atom stereocenters. The Kier molecular flexibility index (Phi) is 5.00. The minimum Gasteiger partial charge on any atom is -0.481 e. The van der Waals surface area contributed by atoms with E-state index in [0.717, 1.165) is 5.69 Å². The van der Waals surface area contributed by atoms with Gasteiger partial charge in [0.05, 0.1) is 19.0 Å². The molecule has 0 amide bonds. The summed E-state index contributed by atoms with van der Waals surface area (Å²) in [6.45, 7) is 2.28. The first-order chi connectivity index (χ1) is 8.17. The zero-order valence-electron chi connectivity index (χ0n) is 9.93. The molecule has 0 saturated heterocycles. The van der Waals surface area contributed by atoms with E-state index in [1.165, 1.54) is 0 Å². The van der Waals surface area contributed by atoms with Crippen LogP contribution in [-0.4, -0.2) is 29.7 Å². The van der Waals surface area contributed by atoms with Crippen molar-refractivity contribution in [3.8, 4) is 5.88 Å². The van der Waals surface area contributed by atoms with E-state index in [1.54, 1.807) is 25.4 Å². The Bertz CT molecular complexity index is 399. The summed E-state index contributed by atoms with van der Waals surface area (Å²) in [6.07, 6.45) is 3.81. The first-order valence-electron chi connectivity index (χ1n) is 5.33. The number of aromatic nitrogens is 1. The summed E-state index contributed by atoms with van der Waals surface area (Å²) in [4.78, 5) is 14.8. The maximum atomic E-state index is 10.7. The molecule has 17 heavy (non-hydrogen) atoms.